The van der Waals surface area contributed by atoms with Gasteiger partial charge in [0.25, 0.3) is 0 Å². The van der Waals surface area contributed by atoms with Gasteiger partial charge in [0.05, 0.1) is 0 Å². The summed E-state index contributed by atoms with van der Waals surface area (Å²) < 4.78 is 0. The van der Waals surface area contributed by atoms with Crippen LogP contribution >= 0.6 is 0 Å². The minimum Gasteiger partial charge on any atom is -0.399 e. The highest BCUT2D eigenvalue weighted by atomic mass is 14.7. The molecule has 1 saturated carbocycles. The van der Waals surface area contributed by atoms with Crippen molar-refractivity contribution in [3.05, 3.63) is 59.7 Å². The molecule has 8 N–H and O–H groups in total. The first kappa shape index (κ1) is 21.3. The second-order valence-electron chi connectivity index (χ2n) is 9.18. The van der Waals surface area contributed by atoms with E-state index in [1.165, 1.54) is 17.5 Å². The summed E-state index contributed by atoms with van der Waals surface area (Å²) in [6.45, 7) is 7.61. The van der Waals surface area contributed by atoms with Gasteiger partial charge in [-0.05, 0) is 78.5 Å². The normalized spacial score (nSPS) is 24.0. The Labute approximate surface area is 164 Å². The zero-order valence-electron chi connectivity index (χ0n) is 17.0. The van der Waals surface area contributed by atoms with Crippen LogP contribution in [0, 0.1) is 10.8 Å². The van der Waals surface area contributed by atoms with Gasteiger partial charge >= 0.3 is 0 Å². The molecule has 1 aliphatic rings. The molecule has 0 radical (unpaired) electrons. The molecule has 0 amide bonds. The van der Waals surface area contributed by atoms with Gasteiger partial charge < -0.3 is 22.9 Å². The summed E-state index contributed by atoms with van der Waals surface area (Å²) in [7, 11) is 0. The molecule has 4 nitrogen and oxygen atoms in total. The molecule has 27 heavy (non-hydrogen) atoms. The molecule has 2 aromatic rings. The molecule has 0 spiro atoms. The van der Waals surface area contributed by atoms with Gasteiger partial charge in [-0.15, -0.1) is 0 Å². The van der Waals surface area contributed by atoms with Crippen molar-refractivity contribution in [3.8, 4) is 0 Å². The lowest BCUT2D eigenvalue weighted by atomic mass is 9.63. The van der Waals surface area contributed by atoms with E-state index in [-0.39, 0.29) is 5.41 Å². The largest absolute Gasteiger partial charge is 0.399 e. The van der Waals surface area contributed by atoms with Crippen molar-refractivity contribution in [3.63, 3.8) is 0 Å². The Balaban J connectivity index is 0.000000199. The van der Waals surface area contributed by atoms with E-state index in [0.717, 1.165) is 37.2 Å². The molecule has 2 unspecified atom stereocenters. The topological polar surface area (TPSA) is 104 Å². The van der Waals surface area contributed by atoms with Gasteiger partial charge in [-0.25, -0.2) is 0 Å². The molecule has 148 valence electrons. The smallest absolute Gasteiger partial charge is 0.0314 e. The van der Waals surface area contributed by atoms with Gasteiger partial charge in [0.2, 0.25) is 0 Å². The van der Waals surface area contributed by atoms with E-state index in [1.807, 2.05) is 48.5 Å². The predicted molar refractivity (Wildman–Crippen MR) is 117 cm³/mol. The average Bonchev–Trinajstić information content (AvgIpc) is 2.57. The third-order valence-electron chi connectivity index (χ3n) is 5.34. The molecule has 2 aromatic carbocycles. The third-order valence-corrected chi connectivity index (χ3v) is 5.34. The van der Waals surface area contributed by atoms with Crippen molar-refractivity contribution >= 4 is 11.4 Å². The van der Waals surface area contributed by atoms with Crippen LogP contribution in [-0.2, 0) is 6.42 Å². The van der Waals surface area contributed by atoms with E-state index in [0.29, 0.717) is 11.5 Å². The van der Waals surface area contributed by atoms with Crippen molar-refractivity contribution in [1.82, 2.24) is 0 Å². The molecule has 2 atom stereocenters. The zero-order chi connectivity index (χ0) is 20.1. The average molecular weight is 369 g/mol. The van der Waals surface area contributed by atoms with Crippen LogP contribution in [0.3, 0.4) is 0 Å². The maximum absolute atomic E-state index is 6.01. The monoisotopic (exact) mass is 368 g/mol. The van der Waals surface area contributed by atoms with Crippen LogP contribution in [0.4, 0.5) is 11.4 Å². The maximum Gasteiger partial charge on any atom is 0.0314 e. The SMILES string of the molecule is CC1(C)CC(N)CC(C)(CN)C1.Nc1ccc(Cc2ccc(N)cc2)cc1. The number of rotatable bonds is 3. The quantitative estimate of drug-likeness (QED) is 0.616. The number of hydrogen-bond donors (Lipinski definition) is 4. The van der Waals surface area contributed by atoms with Gasteiger partial charge in [-0.1, -0.05) is 45.0 Å². The summed E-state index contributed by atoms with van der Waals surface area (Å²) >= 11 is 0. The fraction of sp³-hybridized carbons (Fsp3) is 0.478. The lowest BCUT2D eigenvalue weighted by molar-refractivity contribution is 0.0904. The predicted octanol–water partition coefficient (Wildman–Crippen LogP) is 3.93. The van der Waals surface area contributed by atoms with Crippen molar-refractivity contribution in [1.29, 1.82) is 0 Å². The zero-order valence-corrected chi connectivity index (χ0v) is 17.0. The van der Waals surface area contributed by atoms with Crippen molar-refractivity contribution in [2.75, 3.05) is 18.0 Å². The minimum atomic E-state index is 0.279. The van der Waals surface area contributed by atoms with E-state index in [9.17, 15) is 0 Å². The molecule has 0 bridgehead atoms. The first-order chi connectivity index (χ1) is 12.6. The molecule has 0 aromatic heterocycles. The van der Waals surface area contributed by atoms with Gasteiger partial charge in [-0.2, -0.15) is 0 Å². The first-order valence-electron chi connectivity index (χ1n) is 9.75. The number of anilines is 2. The first-order valence-corrected chi connectivity index (χ1v) is 9.75. The summed E-state index contributed by atoms with van der Waals surface area (Å²) in [5.41, 5.74) is 27.8. The van der Waals surface area contributed by atoms with Crippen molar-refractivity contribution in [2.24, 2.45) is 22.3 Å². The second kappa shape index (κ2) is 8.77. The van der Waals surface area contributed by atoms with Gasteiger partial charge in [0.15, 0.2) is 0 Å². The van der Waals surface area contributed by atoms with Crippen LogP contribution < -0.4 is 22.9 Å². The third kappa shape index (κ3) is 6.89. The van der Waals surface area contributed by atoms with Gasteiger partial charge in [0.1, 0.15) is 0 Å². The van der Waals surface area contributed by atoms with Crippen LogP contribution in [0.2, 0.25) is 0 Å². The Kier molecular flexibility index (Phi) is 6.90. The summed E-state index contributed by atoms with van der Waals surface area (Å²) in [5.74, 6) is 0. The standard InChI is InChI=1S/C13H14N2.C10H22N2/c14-12-5-1-10(2-6-12)9-11-3-7-13(15)8-4-11;1-9(2)4-8(12)5-10(3,6-9)7-11/h1-8H,9,14-15H2;8H,4-7,11-12H2,1-3H3. The summed E-state index contributed by atoms with van der Waals surface area (Å²) in [4.78, 5) is 0. The molecular weight excluding hydrogens is 332 g/mol. The summed E-state index contributed by atoms with van der Waals surface area (Å²) in [5, 5.41) is 0. The Morgan fingerprint density at radius 1 is 0.815 bits per heavy atom. The highest BCUT2D eigenvalue weighted by Crippen LogP contribution is 2.44. The Hall–Kier alpha value is -2.04. The molecule has 0 aliphatic heterocycles. The number of hydrogen-bond acceptors (Lipinski definition) is 4. The fourth-order valence-corrected chi connectivity index (χ4v) is 4.38. The van der Waals surface area contributed by atoms with Crippen LogP contribution in [0.5, 0.6) is 0 Å². The highest BCUT2D eigenvalue weighted by molar-refractivity contribution is 5.43. The Morgan fingerprint density at radius 2 is 1.26 bits per heavy atom. The summed E-state index contributed by atoms with van der Waals surface area (Å²) in [6, 6.07) is 16.2. The molecule has 0 heterocycles. The Morgan fingerprint density at radius 3 is 1.63 bits per heavy atom. The van der Waals surface area contributed by atoms with E-state index < -0.39 is 0 Å². The van der Waals surface area contributed by atoms with Crippen LogP contribution in [0.15, 0.2) is 48.5 Å². The lowest BCUT2D eigenvalue weighted by Crippen LogP contribution is -2.45. The number of benzene rings is 2. The van der Waals surface area contributed by atoms with Crippen LogP contribution in [-0.4, -0.2) is 12.6 Å². The second-order valence-corrected chi connectivity index (χ2v) is 9.18. The summed E-state index contributed by atoms with van der Waals surface area (Å²) in [6.07, 6.45) is 4.36. The van der Waals surface area contributed by atoms with Crippen molar-refractivity contribution < 1.29 is 0 Å². The van der Waals surface area contributed by atoms with Crippen LogP contribution in [0.1, 0.15) is 51.2 Å². The minimum absolute atomic E-state index is 0.279. The fourth-order valence-electron chi connectivity index (χ4n) is 4.38. The Bertz CT molecular complexity index is 663. The lowest BCUT2D eigenvalue weighted by Gasteiger charge is -2.45. The molecule has 1 fully saturated rings. The van der Waals surface area contributed by atoms with Gasteiger partial charge in [-0.3, -0.25) is 0 Å². The highest BCUT2D eigenvalue weighted by Gasteiger charge is 2.38. The van der Waals surface area contributed by atoms with Gasteiger partial charge in [0, 0.05) is 17.4 Å². The van der Waals surface area contributed by atoms with Crippen LogP contribution in [0.25, 0.3) is 0 Å². The number of nitrogens with two attached hydrogens (primary N) is 4. The van der Waals surface area contributed by atoms with Crippen molar-refractivity contribution in [2.45, 2.75) is 52.5 Å². The molecule has 3 rings (SSSR count). The van der Waals surface area contributed by atoms with E-state index in [1.54, 1.807) is 0 Å². The molecule has 1 aliphatic carbocycles. The van der Waals surface area contributed by atoms with E-state index in [4.69, 9.17) is 22.9 Å². The van der Waals surface area contributed by atoms with E-state index in [2.05, 4.69) is 20.8 Å². The molecular formula is C23H36N4. The molecule has 0 saturated heterocycles. The maximum atomic E-state index is 6.01. The van der Waals surface area contributed by atoms with E-state index >= 15 is 0 Å². The molecule has 4 heteroatoms. The number of nitrogen functional groups attached to an aromatic ring is 2.